The van der Waals surface area contributed by atoms with Crippen LogP contribution in [0, 0.1) is 0 Å². The molecule has 0 radical (unpaired) electrons. The van der Waals surface area contributed by atoms with E-state index < -0.39 is 22.5 Å². The Balaban J connectivity index is 0.00000288. The lowest BCUT2D eigenvalue weighted by atomic mass is 10.1. The molecular formula is C14H21Cl2N3O4S. The van der Waals surface area contributed by atoms with E-state index in [2.05, 4.69) is 5.32 Å². The van der Waals surface area contributed by atoms with Crippen LogP contribution in [0.15, 0.2) is 23.1 Å². The highest BCUT2D eigenvalue weighted by Gasteiger charge is 2.31. The lowest BCUT2D eigenvalue weighted by Gasteiger charge is -2.31. The minimum absolute atomic E-state index is 0. The van der Waals surface area contributed by atoms with Gasteiger partial charge in [-0.2, -0.15) is 4.31 Å². The van der Waals surface area contributed by atoms with E-state index in [4.69, 9.17) is 22.1 Å². The van der Waals surface area contributed by atoms with Crippen LogP contribution in [-0.4, -0.2) is 51.4 Å². The van der Waals surface area contributed by atoms with Crippen LogP contribution < -0.4 is 15.8 Å². The Kier molecular flexibility index (Phi) is 7.75. The summed E-state index contributed by atoms with van der Waals surface area (Å²) in [5.74, 6) is -0.609. The SMILES string of the molecule is CNC1CCN(S(=O)(=O)c2cc(Cl)ccc2OCC(N)=O)CC1.Cl. The smallest absolute Gasteiger partial charge is 0.255 e. The molecule has 3 N–H and O–H groups in total. The van der Waals surface area contributed by atoms with Crippen molar-refractivity contribution >= 4 is 39.9 Å². The maximum absolute atomic E-state index is 12.9. The fourth-order valence-corrected chi connectivity index (χ4v) is 4.34. The summed E-state index contributed by atoms with van der Waals surface area (Å²) in [7, 11) is -1.89. The third-order valence-corrected chi connectivity index (χ3v) is 5.91. The lowest BCUT2D eigenvalue weighted by Crippen LogP contribution is -2.43. The molecule has 1 aliphatic rings. The first-order chi connectivity index (χ1) is 10.8. The molecule has 0 bridgehead atoms. The summed E-state index contributed by atoms with van der Waals surface area (Å²) in [6.45, 7) is 0.428. The van der Waals surface area contributed by atoms with Crippen molar-refractivity contribution < 1.29 is 17.9 Å². The van der Waals surface area contributed by atoms with Gasteiger partial charge in [-0.3, -0.25) is 4.79 Å². The van der Waals surface area contributed by atoms with Crippen LogP contribution in [0.5, 0.6) is 5.75 Å². The lowest BCUT2D eigenvalue weighted by molar-refractivity contribution is -0.120. The number of benzene rings is 1. The average Bonchev–Trinajstić information content (AvgIpc) is 2.53. The second kappa shape index (κ2) is 8.87. The van der Waals surface area contributed by atoms with E-state index in [1.165, 1.54) is 22.5 Å². The molecule has 1 aliphatic heterocycles. The van der Waals surface area contributed by atoms with Crippen molar-refractivity contribution in [3.8, 4) is 5.75 Å². The fraction of sp³-hybridized carbons (Fsp3) is 0.500. The van der Waals surface area contributed by atoms with E-state index in [-0.39, 0.29) is 28.1 Å². The maximum Gasteiger partial charge on any atom is 0.255 e. The van der Waals surface area contributed by atoms with Crippen LogP contribution in [0.2, 0.25) is 5.02 Å². The van der Waals surface area contributed by atoms with Crippen molar-refractivity contribution in [2.75, 3.05) is 26.7 Å². The molecule has 7 nitrogen and oxygen atoms in total. The first-order valence-corrected chi connectivity index (χ1v) is 9.04. The molecule has 0 saturated carbocycles. The summed E-state index contributed by atoms with van der Waals surface area (Å²) in [4.78, 5) is 10.8. The molecular weight excluding hydrogens is 377 g/mol. The minimum Gasteiger partial charge on any atom is -0.482 e. The van der Waals surface area contributed by atoms with Gasteiger partial charge in [0.25, 0.3) is 5.91 Å². The molecule has 2 rings (SSSR count). The Morgan fingerprint density at radius 3 is 2.58 bits per heavy atom. The van der Waals surface area contributed by atoms with Crippen LogP contribution in [-0.2, 0) is 14.8 Å². The van der Waals surface area contributed by atoms with Crippen molar-refractivity contribution in [1.82, 2.24) is 9.62 Å². The van der Waals surface area contributed by atoms with Gasteiger partial charge in [0.05, 0.1) is 0 Å². The van der Waals surface area contributed by atoms with E-state index in [9.17, 15) is 13.2 Å². The molecule has 136 valence electrons. The number of rotatable bonds is 6. The summed E-state index contributed by atoms with van der Waals surface area (Å²) in [6.07, 6.45) is 1.46. The van der Waals surface area contributed by atoms with Crippen molar-refractivity contribution in [1.29, 1.82) is 0 Å². The number of halogens is 2. The number of ether oxygens (including phenoxy) is 1. The molecule has 1 amide bonds. The predicted molar refractivity (Wildman–Crippen MR) is 94.2 cm³/mol. The molecule has 24 heavy (non-hydrogen) atoms. The summed E-state index contributed by atoms with van der Waals surface area (Å²) in [6, 6.07) is 4.58. The van der Waals surface area contributed by atoms with Crippen LogP contribution in [0.1, 0.15) is 12.8 Å². The first kappa shape index (κ1) is 21.0. The summed E-state index contributed by atoms with van der Waals surface area (Å²) < 4.78 is 32.3. The monoisotopic (exact) mass is 397 g/mol. The molecule has 0 unspecified atom stereocenters. The van der Waals surface area contributed by atoms with E-state index in [0.717, 1.165) is 12.8 Å². The van der Waals surface area contributed by atoms with Gasteiger partial charge in [0, 0.05) is 24.2 Å². The quantitative estimate of drug-likeness (QED) is 0.745. The van der Waals surface area contributed by atoms with E-state index in [1.807, 2.05) is 7.05 Å². The highest BCUT2D eigenvalue weighted by atomic mass is 35.5. The van der Waals surface area contributed by atoms with Gasteiger partial charge in [0.1, 0.15) is 10.6 Å². The average molecular weight is 398 g/mol. The summed E-state index contributed by atoms with van der Waals surface area (Å²) in [5, 5.41) is 3.43. The number of amides is 1. The highest BCUT2D eigenvalue weighted by molar-refractivity contribution is 7.89. The molecule has 0 spiro atoms. The molecule has 1 fully saturated rings. The molecule has 10 heteroatoms. The molecule has 0 aliphatic carbocycles. The molecule has 1 aromatic rings. The normalized spacial score (nSPS) is 16.4. The minimum atomic E-state index is -3.75. The number of hydrogen-bond donors (Lipinski definition) is 2. The second-order valence-corrected chi connectivity index (χ2v) is 7.66. The van der Waals surface area contributed by atoms with Crippen molar-refractivity contribution in [2.24, 2.45) is 5.73 Å². The maximum atomic E-state index is 12.9. The number of nitrogens with one attached hydrogen (secondary N) is 1. The van der Waals surface area contributed by atoms with Crippen molar-refractivity contribution in [2.45, 2.75) is 23.8 Å². The summed E-state index contributed by atoms with van der Waals surface area (Å²) >= 11 is 5.93. The van der Waals surface area contributed by atoms with E-state index >= 15 is 0 Å². The van der Waals surface area contributed by atoms with Gasteiger partial charge >= 0.3 is 0 Å². The number of sulfonamides is 1. The van der Waals surface area contributed by atoms with Gasteiger partial charge < -0.3 is 15.8 Å². The Morgan fingerprint density at radius 1 is 1.42 bits per heavy atom. The number of hydrogen-bond acceptors (Lipinski definition) is 5. The number of primary amides is 1. The molecule has 0 aromatic heterocycles. The van der Waals surface area contributed by atoms with Crippen LogP contribution in [0.4, 0.5) is 0 Å². The van der Waals surface area contributed by atoms with Crippen LogP contribution in [0.25, 0.3) is 0 Å². The number of nitrogens with zero attached hydrogens (tertiary/aromatic N) is 1. The molecule has 1 heterocycles. The van der Waals surface area contributed by atoms with Gasteiger partial charge in [0.2, 0.25) is 10.0 Å². The first-order valence-electron chi connectivity index (χ1n) is 7.22. The topological polar surface area (TPSA) is 102 Å². The van der Waals surface area contributed by atoms with Crippen molar-refractivity contribution in [3.05, 3.63) is 23.2 Å². The number of carbonyl (C=O) groups excluding carboxylic acids is 1. The standard InChI is InChI=1S/C14H20ClN3O4S.ClH/c1-17-11-4-6-18(7-5-11)23(20,21)13-8-10(15)2-3-12(13)22-9-14(16)19;/h2-3,8,11,17H,4-7,9H2,1H3,(H2,16,19);1H. The zero-order valence-electron chi connectivity index (χ0n) is 13.2. The van der Waals surface area contributed by atoms with Crippen LogP contribution >= 0.6 is 24.0 Å². The third-order valence-electron chi connectivity index (χ3n) is 3.76. The molecule has 1 aromatic carbocycles. The Hall–Kier alpha value is -1.06. The van der Waals surface area contributed by atoms with E-state index in [1.54, 1.807) is 0 Å². The second-order valence-electron chi connectivity index (χ2n) is 5.31. The Morgan fingerprint density at radius 2 is 2.04 bits per heavy atom. The zero-order valence-corrected chi connectivity index (χ0v) is 15.6. The fourth-order valence-electron chi connectivity index (χ4n) is 2.48. The van der Waals surface area contributed by atoms with Gasteiger partial charge in [0.15, 0.2) is 6.61 Å². The number of nitrogens with two attached hydrogens (primary N) is 1. The van der Waals surface area contributed by atoms with Gasteiger partial charge in [-0.1, -0.05) is 11.6 Å². The van der Waals surface area contributed by atoms with E-state index in [0.29, 0.717) is 19.1 Å². The number of carbonyl (C=O) groups is 1. The van der Waals surface area contributed by atoms with Gasteiger partial charge in [-0.05, 0) is 38.1 Å². The third kappa shape index (κ3) is 4.97. The zero-order chi connectivity index (χ0) is 17.0. The highest BCUT2D eigenvalue weighted by Crippen LogP contribution is 2.31. The largest absolute Gasteiger partial charge is 0.482 e. The van der Waals surface area contributed by atoms with Crippen molar-refractivity contribution in [3.63, 3.8) is 0 Å². The Labute approximate surface area is 152 Å². The van der Waals surface area contributed by atoms with Gasteiger partial charge in [-0.25, -0.2) is 8.42 Å². The summed E-state index contributed by atoms with van der Waals surface area (Å²) in [5.41, 5.74) is 5.05. The Bertz CT molecular complexity index is 677. The molecule has 0 atom stereocenters. The van der Waals surface area contributed by atoms with Gasteiger partial charge in [-0.15, -0.1) is 12.4 Å². The predicted octanol–water partition coefficient (Wildman–Crippen LogP) is 0.998. The van der Waals surface area contributed by atoms with Crippen LogP contribution in [0.3, 0.4) is 0 Å². The molecule has 1 saturated heterocycles. The number of piperidine rings is 1.